The number of aromatic nitrogens is 2. The maximum atomic E-state index is 5.74. The van der Waals surface area contributed by atoms with E-state index in [2.05, 4.69) is 50.2 Å². The molecule has 21 heavy (non-hydrogen) atoms. The van der Waals surface area contributed by atoms with Crippen LogP contribution in [-0.4, -0.2) is 10.2 Å². The number of anilines is 1. The Morgan fingerprint density at radius 1 is 1.00 bits per heavy atom. The summed E-state index contributed by atoms with van der Waals surface area (Å²) < 4.78 is 6.94. The average molecular weight is 391 g/mol. The van der Waals surface area contributed by atoms with E-state index in [0.717, 1.165) is 11.3 Å². The van der Waals surface area contributed by atoms with E-state index in [4.69, 9.17) is 4.42 Å². The van der Waals surface area contributed by atoms with Crippen molar-refractivity contribution in [3.05, 3.63) is 64.1 Å². The van der Waals surface area contributed by atoms with Crippen molar-refractivity contribution in [2.24, 2.45) is 0 Å². The van der Waals surface area contributed by atoms with Crippen LogP contribution in [0.2, 0.25) is 0 Å². The van der Waals surface area contributed by atoms with Gasteiger partial charge in [0.15, 0.2) is 0 Å². The summed E-state index contributed by atoms with van der Waals surface area (Å²) in [5.41, 5.74) is 1.96. The van der Waals surface area contributed by atoms with Gasteiger partial charge in [0.1, 0.15) is 6.04 Å². The van der Waals surface area contributed by atoms with E-state index in [9.17, 15) is 0 Å². The third kappa shape index (κ3) is 3.41. The molecule has 4 nitrogen and oxygen atoms in total. The Bertz CT molecular complexity index is 710. The first kappa shape index (κ1) is 14.1. The number of hydrogen-bond acceptors (Lipinski definition) is 4. The molecule has 0 aliphatic heterocycles. The fourth-order valence-electron chi connectivity index (χ4n) is 1.96. The molecule has 0 aliphatic rings. The van der Waals surface area contributed by atoms with E-state index < -0.39 is 0 Å². The second kappa shape index (κ2) is 6.26. The smallest absolute Gasteiger partial charge is 0.247 e. The zero-order chi connectivity index (χ0) is 14.7. The maximum Gasteiger partial charge on any atom is 0.247 e. The van der Waals surface area contributed by atoms with Crippen molar-refractivity contribution in [1.29, 1.82) is 0 Å². The lowest BCUT2D eigenvalue weighted by Crippen LogP contribution is -2.06. The molecule has 0 saturated carbocycles. The molecule has 1 atom stereocenters. The molecular weight excluding hydrogens is 377 g/mol. The summed E-state index contributed by atoms with van der Waals surface area (Å²) in [4.78, 5) is 0. The summed E-state index contributed by atoms with van der Waals surface area (Å²) in [7, 11) is 0. The molecular formula is C16H14IN3O. The Morgan fingerprint density at radius 2 is 1.71 bits per heavy atom. The van der Waals surface area contributed by atoms with Crippen molar-refractivity contribution in [2.75, 3.05) is 5.32 Å². The van der Waals surface area contributed by atoms with Crippen molar-refractivity contribution in [3.8, 4) is 11.5 Å². The van der Waals surface area contributed by atoms with Crippen molar-refractivity contribution in [2.45, 2.75) is 13.0 Å². The second-order valence-electron chi connectivity index (χ2n) is 4.68. The van der Waals surface area contributed by atoms with Crippen LogP contribution in [0.4, 0.5) is 5.69 Å². The van der Waals surface area contributed by atoms with E-state index in [-0.39, 0.29) is 6.04 Å². The summed E-state index contributed by atoms with van der Waals surface area (Å²) >= 11 is 2.28. The highest BCUT2D eigenvalue weighted by Crippen LogP contribution is 2.23. The van der Waals surface area contributed by atoms with Crippen molar-refractivity contribution < 1.29 is 4.42 Å². The molecule has 1 heterocycles. The highest BCUT2D eigenvalue weighted by molar-refractivity contribution is 14.1. The molecule has 1 unspecified atom stereocenters. The minimum Gasteiger partial charge on any atom is -0.418 e. The molecule has 0 radical (unpaired) electrons. The van der Waals surface area contributed by atoms with Gasteiger partial charge >= 0.3 is 0 Å². The van der Waals surface area contributed by atoms with Gasteiger partial charge in [0.25, 0.3) is 0 Å². The lowest BCUT2D eigenvalue weighted by atomic mass is 10.2. The largest absolute Gasteiger partial charge is 0.418 e. The Balaban J connectivity index is 1.75. The van der Waals surface area contributed by atoms with E-state index in [1.165, 1.54) is 3.57 Å². The van der Waals surface area contributed by atoms with Gasteiger partial charge in [-0.15, -0.1) is 10.2 Å². The molecule has 0 bridgehead atoms. The highest BCUT2D eigenvalue weighted by Gasteiger charge is 2.14. The first-order chi connectivity index (χ1) is 10.2. The van der Waals surface area contributed by atoms with Gasteiger partial charge < -0.3 is 9.73 Å². The average Bonchev–Trinajstić information content (AvgIpc) is 3.00. The summed E-state index contributed by atoms with van der Waals surface area (Å²) in [6.07, 6.45) is 0. The lowest BCUT2D eigenvalue weighted by molar-refractivity contribution is 0.485. The van der Waals surface area contributed by atoms with Crippen LogP contribution in [0.25, 0.3) is 11.5 Å². The van der Waals surface area contributed by atoms with Crippen LogP contribution in [0, 0.1) is 3.57 Å². The highest BCUT2D eigenvalue weighted by atomic mass is 127. The van der Waals surface area contributed by atoms with Gasteiger partial charge in [-0.3, -0.25) is 0 Å². The minimum atomic E-state index is -0.0463. The molecule has 0 aliphatic carbocycles. The molecule has 106 valence electrons. The van der Waals surface area contributed by atoms with Gasteiger partial charge in [0, 0.05) is 14.8 Å². The van der Waals surface area contributed by atoms with Crippen LogP contribution in [0.1, 0.15) is 18.9 Å². The Labute approximate surface area is 136 Å². The molecule has 1 aromatic heterocycles. The maximum absolute atomic E-state index is 5.74. The monoisotopic (exact) mass is 391 g/mol. The first-order valence-corrected chi connectivity index (χ1v) is 7.71. The third-order valence-corrected chi connectivity index (χ3v) is 3.78. The summed E-state index contributed by atoms with van der Waals surface area (Å²) in [5, 5.41) is 11.6. The number of halogens is 1. The van der Waals surface area contributed by atoms with Gasteiger partial charge in [0.2, 0.25) is 11.8 Å². The van der Waals surface area contributed by atoms with Gasteiger partial charge in [-0.25, -0.2) is 0 Å². The predicted molar refractivity (Wildman–Crippen MR) is 90.9 cm³/mol. The van der Waals surface area contributed by atoms with Gasteiger partial charge in [-0.1, -0.05) is 18.2 Å². The molecule has 1 N–H and O–H groups in total. The van der Waals surface area contributed by atoms with E-state index >= 15 is 0 Å². The molecule has 0 saturated heterocycles. The van der Waals surface area contributed by atoms with Crippen LogP contribution >= 0.6 is 22.6 Å². The normalized spacial score (nSPS) is 12.1. The van der Waals surface area contributed by atoms with Crippen LogP contribution in [0.3, 0.4) is 0 Å². The van der Waals surface area contributed by atoms with E-state index in [0.29, 0.717) is 11.8 Å². The van der Waals surface area contributed by atoms with Gasteiger partial charge in [-0.05, 0) is 65.9 Å². The molecule has 0 fully saturated rings. The first-order valence-electron chi connectivity index (χ1n) is 6.63. The van der Waals surface area contributed by atoms with E-state index in [1.807, 2.05) is 49.4 Å². The van der Waals surface area contributed by atoms with Gasteiger partial charge in [-0.2, -0.15) is 0 Å². The molecule has 3 aromatic rings. The number of rotatable bonds is 4. The lowest BCUT2D eigenvalue weighted by Gasteiger charge is -2.11. The van der Waals surface area contributed by atoms with Crippen molar-refractivity contribution >= 4 is 28.3 Å². The fourth-order valence-corrected chi connectivity index (χ4v) is 2.32. The zero-order valence-electron chi connectivity index (χ0n) is 11.5. The Morgan fingerprint density at radius 3 is 2.43 bits per heavy atom. The molecule has 5 heteroatoms. The Hall–Kier alpha value is -1.89. The predicted octanol–water partition coefficient (Wildman–Crippen LogP) is 4.51. The second-order valence-corrected chi connectivity index (χ2v) is 5.93. The summed E-state index contributed by atoms with van der Waals surface area (Å²) in [6, 6.07) is 17.9. The molecule has 0 amide bonds. The standard InChI is InChI=1S/C16H14IN3O/c1-11(18-14-9-7-13(17)8-10-14)15-19-20-16(21-15)12-5-3-2-4-6-12/h2-11,18H,1H3. The van der Waals surface area contributed by atoms with Crippen molar-refractivity contribution in [3.63, 3.8) is 0 Å². The zero-order valence-corrected chi connectivity index (χ0v) is 13.6. The molecule has 0 spiro atoms. The summed E-state index contributed by atoms with van der Waals surface area (Å²) in [5.74, 6) is 1.12. The van der Waals surface area contributed by atoms with Crippen molar-refractivity contribution in [1.82, 2.24) is 10.2 Å². The van der Waals surface area contributed by atoms with Crippen LogP contribution < -0.4 is 5.32 Å². The number of benzene rings is 2. The number of nitrogens with zero attached hydrogens (tertiary/aromatic N) is 2. The fraction of sp³-hybridized carbons (Fsp3) is 0.125. The van der Waals surface area contributed by atoms with E-state index in [1.54, 1.807) is 0 Å². The van der Waals surface area contributed by atoms with Gasteiger partial charge in [0.05, 0.1) is 0 Å². The molecule has 2 aromatic carbocycles. The van der Waals surface area contributed by atoms with Crippen LogP contribution in [0.5, 0.6) is 0 Å². The molecule has 3 rings (SSSR count). The minimum absolute atomic E-state index is 0.0463. The Kier molecular flexibility index (Phi) is 4.19. The number of hydrogen-bond donors (Lipinski definition) is 1. The SMILES string of the molecule is CC(Nc1ccc(I)cc1)c1nnc(-c2ccccc2)o1. The number of nitrogens with one attached hydrogen (secondary N) is 1. The topological polar surface area (TPSA) is 51.0 Å². The van der Waals surface area contributed by atoms with Crippen LogP contribution in [0.15, 0.2) is 59.0 Å². The summed E-state index contributed by atoms with van der Waals surface area (Å²) in [6.45, 7) is 2.00. The quantitative estimate of drug-likeness (QED) is 0.665. The third-order valence-electron chi connectivity index (χ3n) is 3.06. The van der Waals surface area contributed by atoms with Crippen LogP contribution in [-0.2, 0) is 0 Å².